The highest BCUT2D eigenvalue weighted by atomic mass is 16.5. The summed E-state index contributed by atoms with van der Waals surface area (Å²) < 4.78 is 11.4. The SMILES string of the molecule is CC(C)CCC(C(=O)OCc1cccc(Oc2ccccc2)c1)C(C)C. The first-order valence-corrected chi connectivity index (χ1v) is 9.44. The van der Waals surface area contributed by atoms with Gasteiger partial charge >= 0.3 is 5.97 Å². The molecule has 0 bridgehead atoms. The molecule has 0 aliphatic rings. The third kappa shape index (κ3) is 6.55. The topological polar surface area (TPSA) is 35.5 Å². The van der Waals surface area contributed by atoms with E-state index in [1.807, 2.05) is 54.6 Å². The van der Waals surface area contributed by atoms with Crippen molar-refractivity contribution in [2.75, 3.05) is 0 Å². The minimum Gasteiger partial charge on any atom is -0.461 e. The second-order valence-electron chi connectivity index (χ2n) is 7.49. The fraction of sp³-hybridized carbons (Fsp3) is 0.435. The maximum Gasteiger partial charge on any atom is 0.309 e. The van der Waals surface area contributed by atoms with Crippen LogP contribution in [0.1, 0.15) is 46.1 Å². The summed E-state index contributed by atoms with van der Waals surface area (Å²) in [5.74, 6) is 2.27. The summed E-state index contributed by atoms with van der Waals surface area (Å²) in [5, 5.41) is 0. The zero-order chi connectivity index (χ0) is 18.9. The zero-order valence-electron chi connectivity index (χ0n) is 16.3. The highest BCUT2D eigenvalue weighted by Gasteiger charge is 2.23. The predicted octanol–water partition coefficient (Wildman–Crippen LogP) is 6.23. The minimum absolute atomic E-state index is 0.0406. The van der Waals surface area contributed by atoms with Crippen molar-refractivity contribution in [1.29, 1.82) is 0 Å². The van der Waals surface area contributed by atoms with Crippen LogP contribution in [0.25, 0.3) is 0 Å². The van der Waals surface area contributed by atoms with Gasteiger partial charge in [-0.05, 0) is 48.1 Å². The van der Waals surface area contributed by atoms with Gasteiger partial charge in [-0.15, -0.1) is 0 Å². The first kappa shape index (κ1) is 20.0. The number of carbonyl (C=O) groups is 1. The van der Waals surface area contributed by atoms with Crippen molar-refractivity contribution in [2.24, 2.45) is 17.8 Å². The number of carbonyl (C=O) groups excluding carboxylic acids is 1. The van der Waals surface area contributed by atoms with Crippen LogP contribution in [0.5, 0.6) is 11.5 Å². The van der Waals surface area contributed by atoms with Crippen LogP contribution in [0.2, 0.25) is 0 Å². The third-order valence-electron chi connectivity index (χ3n) is 4.42. The van der Waals surface area contributed by atoms with E-state index in [2.05, 4.69) is 27.7 Å². The first-order chi connectivity index (χ1) is 12.5. The maximum absolute atomic E-state index is 12.5. The van der Waals surface area contributed by atoms with Gasteiger partial charge in [-0.25, -0.2) is 0 Å². The van der Waals surface area contributed by atoms with Crippen LogP contribution in [0.4, 0.5) is 0 Å². The summed E-state index contributed by atoms with van der Waals surface area (Å²) in [7, 11) is 0. The summed E-state index contributed by atoms with van der Waals surface area (Å²) >= 11 is 0. The Morgan fingerprint density at radius 2 is 1.58 bits per heavy atom. The molecule has 2 rings (SSSR count). The molecule has 0 saturated carbocycles. The summed E-state index contributed by atoms with van der Waals surface area (Å²) in [6.45, 7) is 8.80. The van der Waals surface area contributed by atoms with Crippen molar-refractivity contribution >= 4 is 5.97 Å². The van der Waals surface area contributed by atoms with Gasteiger partial charge in [0.1, 0.15) is 18.1 Å². The highest BCUT2D eigenvalue weighted by Crippen LogP contribution is 2.24. The van der Waals surface area contributed by atoms with E-state index in [-0.39, 0.29) is 24.4 Å². The largest absolute Gasteiger partial charge is 0.461 e. The Morgan fingerprint density at radius 1 is 0.885 bits per heavy atom. The molecule has 0 radical (unpaired) electrons. The molecule has 0 fully saturated rings. The predicted molar refractivity (Wildman–Crippen MR) is 105 cm³/mol. The number of benzene rings is 2. The van der Waals surface area contributed by atoms with Gasteiger partial charge in [-0.2, -0.15) is 0 Å². The number of hydrogen-bond acceptors (Lipinski definition) is 3. The van der Waals surface area contributed by atoms with Crippen molar-refractivity contribution in [3.63, 3.8) is 0 Å². The molecule has 26 heavy (non-hydrogen) atoms. The minimum atomic E-state index is -0.102. The van der Waals surface area contributed by atoms with E-state index in [0.29, 0.717) is 5.92 Å². The van der Waals surface area contributed by atoms with Crippen LogP contribution in [0.15, 0.2) is 54.6 Å². The van der Waals surface area contributed by atoms with E-state index in [1.165, 1.54) is 0 Å². The molecule has 1 unspecified atom stereocenters. The van der Waals surface area contributed by atoms with Crippen LogP contribution >= 0.6 is 0 Å². The van der Waals surface area contributed by atoms with Gasteiger partial charge in [0.05, 0.1) is 5.92 Å². The molecule has 0 aromatic heterocycles. The molecule has 0 aliphatic heterocycles. The van der Waals surface area contributed by atoms with E-state index in [1.54, 1.807) is 0 Å². The van der Waals surface area contributed by atoms with Gasteiger partial charge in [0.2, 0.25) is 0 Å². The standard InChI is InChI=1S/C23H30O3/c1-17(2)13-14-22(18(3)4)23(24)25-16-19-9-8-12-21(15-19)26-20-10-6-5-7-11-20/h5-12,15,17-18,22H,13-14,16H2,1-4H3. The molecular weight excluding hydrogens is 324 g/mol. The molecule has 0 aliphatic carbocycles. The lowest BCUT2D eigenvalue weighted by Gasteiger charge is -2.20. The monoisotopic (exact) mass is 354 g/mol. The number of ether oxygens (including phenoxy) is 2. The Morgan fingerprint density at radius 3 is 2.23 bits per heavy atom. The van der Waals surface area contributed by atoms with Crippen LogP contribution < -0.4 is 4.74 Å². The highest BCUT2D eigenvalue weighted by molar-refractivity contribution is 5.72. The van der Waals surface area contributed by atoms with Crippen LogP contribution in [0, 0.1) is 17.8 Å². The van der Waals surface area contributed by atoms with E-state index < -0.39 is 0 Å². The Balaban J connectivity index is 1.93. The normalized spacial score (nSPS) is 12.2. The lowest BCUT2D eigenvalue weighted by Crippen LogP contribution is -2.23. The van der Waals surface area contributed by atoms with Crippen molar-refractivity contribution in [3.8, 4) is 11.5 Å². The Labute approximate surface area is 157 Å². The molecule has 0 heterocycles. The van der Waals surface area contributed by atoms with E-state index in [4.69, 9.17) is 9.47 Å². The quantitative estimate of drug-likeness (QED) is 0.501. The van der Waals surface area contributed by atoms with Gasteiger partial charge < -0.3 is 9.47 Å². The van der Waals surface area contributed by atoms with Crippen LogP contribution in [0.3, 0.4) is 0 Å². The molecule has 0 amide bonds. The molecule has 3 nitrogen and oxygen atoms in total. The Kier molecular flexibility index (Phi) is 7.71. The van der Waals surface area contributed by atoms with Crippen LogP contribution in [-0.2, 0) is 16.1 Å². The van der Waals surface area contributed by atoms with Gasteiger partial charge in [-0.3, -0.25) is 4.79 Å². The van der Waals surface area contributed by atoms with E-state index >= 15 is 0 Å². The van der Waals surface area contributed by atoms with E-state index in [9.17, 15) is 4.79 Å². The third-order valence-corrected chi connectivity index (χ3v) is 4.42. The fourth-order valence-corrected chi connectivity index (χ4v) is 2.82. The lowest BCUT2D eigenvalue weighted by atomic mass is 9.89. The summed E-state index contributed by atoms with van der Waals surface area (Å²) in [6.07, 6.45) is 1.92. The molecule has 2 aromatic carbocycles. The molecule has 0 spiro atoms. The summed E-state index contributed by atoms with van der Waals surface area (Å²) in [5.41, 5.74) is 0.929. The molecule has 2 aromatic rings. The Bertz CT molecular complexity index is 677. The maximum atomic E-state index is 12.5. The fourth-order valence-electron chi connectivity index (χ4n) is 2.82. The first-order valence-electron chi connectivity index (χ1n) is 9.44. The average Bonchev–Trinajstić information content (AvgIpc) is 2.61. The van der Waals surface area contributed by atoms with Crippen molar-refractivity contribution in [2.45, 2.75) is 47.1 Å². The van der Waals surface area contributed by atoms with Gasteiger partial charge in [0.25, 0.3) is 0 Å². The Hall–Kier alpha value is -2.29. The average molecular weight is 354 g/mol. The summed E-state index contributed by atoms with van der Waals surface area (Å²) in [6, 6.07) is 17.3. The number of hydrogen-bond donors (Lipinski definition) is 0. The smallest absolute Gasteiger partial charge is 0.309 e. The van der Waals surface area contributed by atoms with E-state index in [0.717, 1.165) is 29.9 Å². The second kappa shape index (κ2) is 10.0. The van der Waals surface area contributed by atoms with Gasteiger partial charge in [-0.1, -0.05) is 64.4 Å². The molecule has 0 N–H and O–H groups in total. The van der Waals surface area contributed by atoms with Crippen LogP contribution in [-0.4, -0.2) is 5.97 Å². The van der Waals surface area contributed by atoms with Crippen molar-refractivity contribution in [3.05, 3.63) is 60.2 Å². The second-order valence-corrected chi connectivity index (χ2v) is 7.49. The molecule has 140 valence electrons. The number of esters is 1. The van der Waals surface area contributed by atoms with Gasteiger partial charge in [0.15, 0.2) is 0 Å². The van der Waals surface area contributed by atoms with Crippen molar-refractivity contribution < 1.29 is 14.3 Å². The number of para-hydroxylation sites is 1. The molecule has 3 heteroatoms. The lowest BCUT2D eigenvalue weighted by molar-refractivity contribution is -0.151. The molecule has 1 atom stereocenters. The van der Waals surface area contributed by atoms with Crippen molar-refractivity contribution in [1.82, 2.24) is 0 Å². The molecular formula is C23H30O3. The van der Waals surface area contributed by atoms with Gasteiger partial charge in [0, 0.05) is 0 Å². The zero-order valence-corrected chi connectivity index (χ0v) is 16.3. The summed E-state index contributed by atoms with van der Waals surface area (Å²) in [4.78, 5) is 12.5. The number of rotatable bonds is 9. The molecule has 0 saturated heterocycles.